The van der Waals surface area contributed by atoms with Gasteiger partial charge in [0.15, 0.2) is 0 Å². The van der Waals surface area contributed by atoms with Gasteiger partial charge in [0.05, 0.1) is 22.1 Å². The van der Waals surface area contributed by atoms with Crippen LogP contribution in [0.5, 0.6) is 0 Å². The van der Waals surface area contributed by atoms with E-state index >= 15 is 0 Å². The number of benzene rings is 7. The third-order valence-corrected chi connectivity index (χ3v) is 10.4. The van der Waals surface area contributed by atoms with Crippen molar-refractivity contribution in [3.05, 3.63) is 152 Å². The number of fused-ring (bicyclic) bond motifs is 9. The summed E-state index contributed by atoms with van der Waals surface area (Å²) in [5.74, 6) is 0. The van der Waals surface area contributed by atoms with Gasteiger partial charge in [0.2, 0.25) is 0 Å². The van der Waals surface area contributed by atoms with E-state index in [9.17, 15) is 0 Å². The SMILES string of the molecule is c1cc(-c2ccc3c(c2)c2ccccc2n3-c2cccc3oc4ccccc4c23)cc(-c2cccc3c2sc2ccccc23)c1. The van der Waals surface area contributed by atoms with E-state index in [0.29, 0.717) is 0 Å². The summed E-state index contributed by atoms with van der Waals surface area (Å²) in [5, 5.41) is 7.42. The van der Waals surface area contributed by atoms with E-state index in [4.69, 9.17) is 4.42 Å². The van der Waals surface area contributed by atoms with Gasteiger partial charge in [0.25, 0.3) is 0 Å². The van der Waals surface area contributed by atoms with Crippen LogP contribution >= 0.6 is 11.3 Å². The first kappa shape index (κ1) is 24.8. The van der Waals surface area contributed by atoms with Gasteiger partial charge >= 0.3 is 0 Å². The maximum Gasteiger partial charge on any atom is 0.137 e. The molecule has 3 heterocycles. The lowest BCUT2D eigenvalue weighted by atomic mass is 9.97. The number of hydrogen-bond acceptors (Lipinski definition) is 2. The van der Waals surface area contributed by atoms with Crippen molar-refractivity contribution >= 4 is 75.3 Å². The Bertz CT molecular complexity index is 2770. The Morgan fingerprint density at radius 3 is 2.09 bits per heavy atom. The lowest BCUT2D eigenvalue weighted by molar-refractivity contribution is 0.669. The molecule has 0 radical (unpaired) electrons. The van der Waals surface area contributed by atoms with E-state index in [-0.39, 0.29) is 0 Å². The number of hydrogen-bond donors (Lipinski definition) is 0. The molecule has 0 amide bonds. The molecule has 45 heavy (non-hydrogen) atoms. The molecule has 0 aliphatic heterocycles. The van der Waals surface area contributed by atoms with Crippen molar-refractivity contribution in [2.75, 3.05) is 0 Å². The van der Waals surface area contributed by atoms with Crippen LogP contribution in [-0.4, -0.2) is 4.57 Å². The number of furan rings is 1. The van der Waals surface area contributed by atoms with Gasteiger partial charge in [0.1, 0.15) is 11.2 Å². The molecule has 0 aliphatic carbocycles. The fraction of sp³-hybridized carbons (Fsp3) is 0. The summed E-state index contributed by atoms with van der Waals surface area (Å²) in [6.45, 7) is 0. The number of rotatable bonds is 3. The van der Waals surface area contributed by atoms with Crippen LogP contribution in [0.4, 0.5) is 0 Å². The smallest absolute Gasteiger partial charge is 0.137 e. The minimum absolute atomic E-state index is 0.904. The molecule has 3 heteroatoms. The van der Waals surface area contributed by atoms with Gasteiger partial charge in [0, 0.05) is 36.3 Å². The van der Waals surface area contributed by atoms with Gasteiger partial charge in [-0.3, -0.25) is 0 Å². The quantitative estimate of drug-likeness (QED) is 0.200. The molecular weight excluding hydrogens is 567 g/mol. The van der Waals surface area contributed by atoms with E-state index in [0.717, 1.165) is 27.6 Å². The Morgan fingerprint density at radius 1 is 0.444 bits per heavy atom. The maximum absolute atomic E-state index is 6.27. The lowest BCUT2D eigenvalue weighted by Gasteiger charge is -2.10. The first-order chi connectivity index (χ1) is 22.3. The van der Waals surface area contributed by atoms with E-state index < -0.39 is 0 Å². The van der Waals surface area contributed by atoms with E-state index in [1.54, 1.807) is 0 Å². The van der Waals surface area contributed by atoms with E-state index in [2.05, 4.69) is 144 Å². The molecule has 3 aromatic heterocycles. The van der Waals surface area contributed by atoms with Crippen molar-refractivity contribution in [3.8, 4) is 27.9 Å². The first-order valence-corrected chi connectivity index (χ1v) is 16.1. The van der Waals surface area contributed by atoms with Gasteiger partial charge < -0.3 is 8.98 Å². The van der Waals surface area contributed by atoms with Crippen LogP contribution in [0.25, 0.3) is 91.9 Å². The highest BCUT2D eigenvalue weighted by Gasteiger charge is 2.18. The first-order valence-electron chi connectivity index (χ1n) is 15.3. The van der Waals surface area contributed by atoms with Gasteiger partial charge in [-0.15, -0.1) is 11.3 Å². The molecule has 0 atom stereocenters. The minimum atomic E-state index is 0.904. The molecule has 210 valence electrons. The standard InChI is InChI=1S/C42H25NOS/c1-4-17-35-30(12-1)34-25-27(22-23-36(34)43(35)37-18-9-20-39-41(37)33-14-2-5-19-38(33)44-39)26-10-7-11-28(24-26)29-15-8-16-32-31-13-3-6-21-40(31)45-42(29)32/h1-25H. The highest BCUT2D eigenvalue weighted by atomic mass is 32.1. The second-order valence-electron chi connectivity index (χ2n) is 11.7. The molecule has 10 rings (SSSR count). The number of nitrogens with zero attached hydrogens (tertiary/aromatic N) is 1. The fourth-order valence-electron chi connectivity index (χ4n) is 7.20. The predicted molar refractivity (Wildman–Crippen MR) is 192 cm³/mol. The van der Waals surface area contributed by atoms with Crippen LogP contribution in [-0.2, 0) is 0 Å². The maximum atomic E-state index is 6.27. The van der Waals surface area contributed by atoms with Crippen molar-refractivity contribution in [1.29, 1.82) is 0 Å². The Labute approximate surface area is 263 Å². The summed E-state index contributed by atoms with van der Waals surface area (Å²) in [5.41, 5.74) is 10.3. The van der Waals surface area contributed by atoms with Crippen LogP contribution in [0.2, 0.25) is 0 Å². The molecule has 0 bridgehead atoms. The second kappa shape index (κ2) is 9.43. The molecule has 0 spiro atoms. The molecule has 0 N–H and O–H groups in total. The van der Waals surface area contributed by atoms with Crippen molar-refractivity contribution in [3.63, 3.8) is 0 Å². The Balaban J connectivity index is 1.17. The molecule has 0 aliphatic rings. The highest BCUT2D eigenvalue weighted by molar-refractivity contribution is 7.26. The molecule has 0 fully saturated rings. The lowest BCUT2D eigenvalue weighted by Crippen LogP contribution is -1.94. The van der Waals surface area contributed by atoms with Crippen molar-refractivity contribution in [2.45, 2.75) is 0 Å². The van der Waals surface area contributed by atoms with Crippen LogP contribution in [0.15, 0.2) is 156 Å². The van der Waals surface area contributed by atoms with Gasteiger partial charge in [-0.1, -0.05) is 103 Å². The number of aromatic nitrogens is 1. The summed E-state index contributed by atoms with van der Waals surface area (Å²) < 4.78 is 11.3. The highest BCUT2D eigenvalue weighted by Crippen LogP contribution is 2.42. The van der Waals surface area contributed by atoms with Crippen LogP contribution in [0, 0.1) is 0 Å². The van der Waals surface area contributed by atoms with Gasteiger partial charge in [-0.05, 0) is 70.8 Å². The van der Waals surface area contributed by atoms with Gasteiger partial charge in [-0.25, -0.2) is 0 Å². The van der Waals surface area contributed by atoms with Crippen LogP contribution in [0.3, 0.4) is 0 Å². The monoisotopic (exact) mass is 591 g/mol. The predicted octanol–water partition coefficient (Wildman–Crippen LogP) is 12.4. The Morgan fingerprint density at radius 2 is 1.13 bits per heavy atom. The molecule has 2 nitrogen and oxygen atoms in total. The molecule has 7 aromatic carbocycles. The van der Waals surface area contributed by atoms with E-state index in [1.165, 1.54) is 64.2 Å². The summed E-state index contributed by atoms with van der Waals surface area (Å²) in [4.78, 5) is 0. The Hall–Kier alpha value is -5.64. The second-order valence-corrected chi connectivity index (χ2v) is 12.7. The molecule has 0 saturated heterocycles. The molecule has 0 unspecified atom stereocenters. The van der Waals surface area contributed by atoms with Gasteiger partial charge in [-0.2, -0.15) is 0 Å². The molecule has 0 saturated carbocycles. The number of para-hydroxylation sites is 2. The molecule has 10 aromatic rings. The summed E-state index contributed by atoms with van der Waals surface area (Å²) in [6.07, 6.45) is 0. The third kappa shape index (κ3) is 3.62. The summed E-state index contributed by atoms with van der Waals surface area (Å²) in [7, 11) is 0. The average Bonchev–Trinajstić information content (AvgIpc) is 3.77. The fourth-order valence-corrected chi connectivity index (χ4v) is 8.43. The summed E-state index contributed by atoms with van der Waals surface area (Å²) >= 11 is 1.88. The van der Waals surface area contributed by atoms with E-state index in [1.807, 2.05) is 23.5 Å². The summed E-state index contributed by atoms with van der Waals surface area (Å²) in [6, 6.07) is 54.8. The largest absolute Gasteiger partial charge is 0.456 e. The zero-order valence-electron chi connectivity index (χ0n) is 24.2. The topological polar surface area (TPSA) is 18.1 Å². The van der Waals surface area contributed by atoms with Crippen molar-refractivity contribution in [2.24, 2.45) is 0 Å². The van der Waals surface area contributed by atoms with Crippen LogP contribution in [0.1, 0.15) is 0 Å². The minimum Gasteiger partial charge on any atom is -0.456 e. The zero-order chi connectivity index (χ0) is 29.5. The van der Waals surface area contributed by atoms with Crippen LogP contribution < -0.4 is 0 Å². The molecular formula is C42H25NOS. The van der Waals surface area contributed by atoms with Crippen molar-refractivity contribution in [1.82, 2.24) is 4.57 Å². The average molecular weight is 592 g/mol. The third-order valence-electron chi connectivity index (χ3n) is 9.21. The normalized spacial score (nSPS) is 12.0. The Kier molecular flexibility index (Phi) is 5.19. The number of thiophene rings is 1. The zero-order valence-corrected chi connectivity index (χ0v) is 25.0. The van der Waals surface area contributed by atoms with Crippen molar-refractivity contribution < 1.29 is 4.42 Å².